The standard InChI is InChI=1S/C23H23ClN2O4/c1-14(15-8-6-5-7-9-15)26-23(27)17-10-16(12-25-13-17)18-11-19(28-2)21(29-3)22(30-4)20(18)24/h5-14H,1-4H3,(H,26,27)/t14-/m1/s1. The van der Waals surface area contributed by atoms with Crippen LogP contribution in [-0.4, -0.2) is 32.2 Å². The highest BCUT2D eigenvalue weighted by atomic mass is 35.5. The van der Waals surface area contributed by atoms with E-state index in [0.717, 1.165) is 5.56 Å². The maximum absolute atomic E-state index is 12.8. The first-order valence-corrected chi connectivity index (χ1v) is 9.67. The third kappa shape index (κ3) is 4.33. The van der Waals surface area contributed by atoms with Crippen LogP contribution in [0.3, 0.4) is 0 Å². The van der Waals surface area contributed by atoms with E-state index < -0.39 is 0 Å². The molecule has 1 amide bonds. The molecule has 0 unspecified atom stereocenters. The van der Waals surface area contributed by atoms with Crippen molar-refractivity contribution >= 4 is 17.5 Å². The van der Waals surface area contributed by atoms with Crippen molar-refractivity contribution in [1.82, 2.24) is 10.3 Å². The molecule has 0 saturated heterocycles. The highest BCUT2D eigenvalue weighted by Gasteiger charge is 2.21. The van der Waals surface area contributed by atoms with Gasteiger partial charge in [-0.2, -0.15) is 0 Å². The van der Waals surface area contributed by atoms with Crippen LogP contribution in [0.4, 0.5) is 0 Å². The largest absolute Gasteiger partial charge is 0.493 e. The molecule has 7 heteroatoms. The van der Waals surface area contributed by atoms with E-state index in [1.807, 2.05) is 37.3 Å². The van der Waals surface area contributed by atoms with Crippen molar-refractivity contribution in [3.63, 3.8) is 0 Å². The molecule has 0 aliphatic heterocycles. The molecule has 0 spiro atoms. The number of nitrogens with zero attached hydrogens (tertiary/aromatic N) is 1. The summed E-state index contributed by atoms with van der Waals surface area (Å²) >= 11 is 6.56. The lowest BCUT2D eigenvalue weighted by atomic mass is 10.0. The van der Waals surface area contributed by atoms with E-state index in [1.54, 1.807) is 18.3 Å². The van der Waals surface area contributed by atoms with Gasteiger partial charge in [-0.1, -0.05) is 41.9 Å². The van der Waals surface area contributed by atoms with E-state index in [4.69, 9.17) is 25.8 Å². The summed E-state index contributed by atoms with van der Waals surface area (Å²) < 4.78 is 16.2. The second-order valence-electron chi connectivity index (χ2n) is 6.57. The first kappa shape index (κ1) is 21.5. The Bertz CT molecular complexity index is 1040. The van der Waals surface area contributed by atoms with E-state index >= 15 is 0 Å². The number of rotatable bonds is 7. The third-order valence-electron chi connectivity index (χ3n) is 4.73. The summed E-state index contributed by atoms with van der Waals surface area (Å²) in [7, 11) is 4.54. The van der Waals surface area contributed by atoms with Crippen molar-refractivity contribution < 1.29 is 19.0 Å². The van der Waals surface area contributed by atoms with Crippen LogP contribution in [-0.2, 0) is 0 Å². The zero-order valence-electron chi connectivity index (χ0n) is 17.2. The minimum atomic E-state index is -0.232. The molecule has 0 aliphatic carbocycles. The molecule has 30 heavy (non-hydrogen) atoms. The molecule has 1 heterocycles. The van der Waals surface area contributed by atoms with E-state index in [9.17, 15) is 4.79 Å². The lowest BCUT2D eigenvalue weighted by Crippen LogP contribution is -2.26. The van der Waals surface area contributed by atoms with Crippen molar-refractivity contribution in [3.05, 3.63) is 71.0 Å². The van der Waals surface area contributed by atoms with Gasteiger partial charge in [-0.05, 0) is 24.6 Å². The number of carbonyl (C=O) groups excluding carboxylic acids is 1. The maximum atomic E-state index is 12.8. The average Bonchev–Trinajstić information content (AvgIpc) is 2.79. The zero-order chi connectivity index (χ0) is 21.7. The van der Waals surface area contributed by atoms with Gasteiger partial charge in [-0.15, -0.1) is 0 Å². The Labute approximate surface area is 180 Å². The predicted octanol–water partition coefficient (Wildman–Crippen LogP) is 4.92. The van der Waals surface area contributed by atoms with Crippen LogP contribution in [0.25, 0.3) is 11.1 Å². The van der Waals surface area contributed by atoms with Gasteiger partial charge in [0.1, 0.15) is 0 Å². The normalized spacial score (nSPS) is 11.5. The van der Waals surface area contributed by atoms with Crippen molar-refractivity contribution in [2.24, 2.45) is 0 Å². The summed E-state index contributed by atoms with van der Waals surface area (Å²) in [4.78, 5) is 17.0. The van der Waals surface area contributed by atoms with Crippen LogP contribution in [0.1, 0.15) is 28.9 Å². The number of hydrogen-bond donors (Lipinski definition) is 1. The van der Waals surface area contributed by atoms with Gasteiger partial charge in [-0.3, -0.25) is 9.78 Å². The fourth-order valence-electron chi connectivity index (χ4n) is 3.15. The van der Waals surface area contributed by atoms with Gasteiger partial charge in [0.25, 0.3) is 5.91 Å². The molecule has 0 aliphatic rings. The van der Waals surface area contributed by atoms with Gasteiger partial charge in [0.05, 0.1) is 38.0 Å². The Morgan fingerprint density at radius 2 is 1.70 bits per heavy atom. The summed E-state index contributed by atoms with van der Waals surface area (Å²) in [6, 6.07) is 13.1. The molecule has 6 nitrogen and oxygen atoms in total. The van der Waals surface area contributed by atoms with Crippen LogP contribution in [0, 0.1) is 0 Å². The van der Waals surface area contributed by atoms with Gasteiger partial charge < -0.3 is 19.5 Å². The molecule has 1 atom stereocenters. The zero-order valence-corrected chi connectivity index (χ0v) is 18.0. The van der Waals surface area contributed by atoms with Crippen LogP contribution < -0.4 is 19.5 Å². The molecule has 0 fully saturated rings. The molecule has 2 aromatic carbocycles. The van der Waals surface area contributed by atoms with Gasteiger partial charge in [0.15, 0.2) is 11.5 Å². The molecular formula is C23H23ClN2O4. The van der Waals surface area contributed by atoms with Crippen LogP contribution >= 0.6 is 11.6 Å². The molecule has 0 radical (unpaired) electrons. The first-order valence-electron chi connectivity index (χ1n) is 9.29. The van der Waals surface area contributed by atoms with Crippen molar-refractivity contribution in [2.75, 3.05) is 21.3 Å². The van der Waals surface area contributed by atoms with Crippen molar-refractivity contribution in [1.29, 1.82) is 0 Å². The molecule has 3 aromatic rings. The summed E-state index contributed by atoms with van der Waals surface area (Å²) in [5.41, 5.74) is 2.70. The van der Waals surface area contributed by atoms with Crippen molar-refractivity contribution in [2.45, 2.75) is 13.0 Å². The number of nitrogens with one attached hydrogen (secondary N) is 1. The number of pyridine rings is 1. The molecule has 0 saturated carbocycles. The number of ether oxygens (including phenoxy) is 3. The Morgan fingerprint density at radius 3 is 2.33 bits per heavy atom. The number of aromatic nitrogens is 1. The molecule has 3 rings (SSSR count). The average molecular weight is 427 g/mol. The topological polar surface area (TPSA) is 69.7 Å². The Morgan fingerprint density at radius 1 is 1.00 bits per heavy atom. The number of halogens is 1. The van der Waals surface area contributed by atoms with E-state index in [0.29, 0.717) is 39.0 Å². The van der Waals surface area contributed by atoms with Crippen LogP contribution in [0.15, 0.2) is 54.9 Å². The second-order valence-corrected chi connectivity index (χ2v) is 6.95. The minimum Gasteiger partial charge on any atom is -0.493 e. The smallest absolute Gasteiger partial charge is 0.253 e. The lowest BCUT2D eigenvalue weighted by Gasteiger charge is -2.17. The maximum Gasteiger partial charge on any atom is 0.253 e. The number of benzene rings is 2. The number of amides is 1. The summed E-state index contributed by atoms with van der Waals surface area (Å²) in [6.45, 7) is 1.93. The summed E-state index contributed by atoms with van der Waals surface area (Å²) in [5, 5.41) is 3.33. The number of carbonyl (C=O) groups is 1. The highest BCUT2D eigenvalue weighted by Crippen LogP contribution is 2.47. The predicted molar refractivity (Wildman–Crippen MR) is 117 cm³/mol. The van der Waals surface area contributed by atoms with Gasteiger partial charge in [0, 0.05) is 23.5 Å². The van der Waals surface area contributed by atoms with Crippen LogP contribution in [0.5, 0.6) is 17.2 Å². The lowest BCUT2D eigenvalue weighted by molar-refractivity contribution is 0.0939. The van der Waals surface area contributed by atoms with Gasteiger partial charge in [0.2, 0.25) is 5.75 Å². The number of methoxy groups -OCH3 is 3. The van der Waals surface area contributed by atoms with E-state index in [1.165, 1.54) is 27.5 Å². The molecular weight excluding hydrogens is 404 g/mol. The SMILES string of the molecule is COc1cc(-c2cncc(C(=O)N[C@H](C)c3ccccc3)c2)c(Cl)c(OC)c1OC. The van der Waals surface area contributed by atoms with E-state index in [2.05, 4.69) is 10.3 Å². The fourth-order valence-corrected chi connectivity index (χ4v) is 3.47. The second kappa shape index (κ2) is 9.50. The molecule has 156 valence electrons. The fraction of sp³-hybridized carbons (Fsp3) is 0.217. The minimum absolute atomic E-state index is 0.146. The Kier molecular flexibility index (Phi) is 6.79. The number of hydrogen-bond acceptors (Lipinski definition) is 5. The van der Waals surface area contributed by atoms with Crippen LogP contribution in [0.2, 0.25) is 5.02 Å². The molecule has 1 N–H and O–H groups in total. The van der Waals surface area contributed by atoms with E-state index in [-0.39, 0.29) is 11.9 Å². The summed E-state index contributed by atoms with van der Waals surface area (Å²) in [5.74, 6) is 0.971. The first-order chi connectivity index (χ1) is 14.5. The molecule has 0 bridgehead atoms. The third-order valence-corrected chi connectivity index (χ3v) is 5.10. The monoisotopic (exact) mass is 426 g/mol. The molecule has 1 aromatic heterocycles. The van der Waals surface area contributed by atoms with Crippen molar-refractivity contribution in [3.8, 4) is 28.4 Å². The quantitative estimate of drug-likeness (QED) is 0.580. The van der Waals surface area contributed by atoms with Gasteiger partial charge in [-0.25, -0.2) is 0 Å². The Hall–Kier alpha value is -3.25. The van der Waals surface area contributed by atoms with Gasteiger partial charge >= 0.3 is 0 Å². The summed E-state index contributed by atoms with van der Waals surface area (Å²) in [6.07, 6.45) is 3.15. The Balaban J connectivity index is 1.95. The highest BCUT2D eigenvalue weighted by molar-refractivity contribution is 6.35.